The molecule has 0 aromatic rings. The summed E-state index contributed by atoms with van der Waals surface area (Å²) in [6.07, 6.45) is 4.68. The second-order valence-corrected chi connectivity index (χ2v) is 4.18. The number of nitriles is 2. The Bertz CT molecular complexity index is 289. The molecule has 0 N–H and O–H groups in total. The van der Waals surface area contributed by atoms with Gasteiger partial charge in [-0.25, -0.2) is 0 Å². The molecule has 0 aromatic carbocycles. The topological polar surface area (TPSA) is 47.6 Å². The van der Waals surface area contributed by atoms with Crippen molar-refractivity contribution >= 4 is 0 Å². The summed E-state index contributed by atoms with van der Waals surface area (Å²) in [5.74, 6) is 0.397. The van der Waals surface area contributed by atoms with Crippen LogP contribution in [-0.4, -0.2) is 0 Å². The zero-order valence-corrected chi connectivity index (χ0v) is 8.71. The molecule has 0 radical (unpaired) electrons. The van der Waals surface area contributed by atoms with E-state index in [1.54, 1.807) is 0 Å². The van der Waals surface area contributed by atoms with Gasteiger partial charge in [0.05, 0.1) is 12.1 Å². The van der Waals surface area contributed by atoms with Crippen LogP contribution >= 0.6 is 0 Å². The highest BCUT2D eigenvalue weighted by molar-refractivity contribution is 5.27. The van der Waals surface area contributed by atoms with E-state index in [-0.39, 0.29) is 0 Å². The number of allylic oxidation sites excluding steroid dienone is 1. The highest BCUT2D eigenvalue weighted by Crippen LogP contribution is 2.45. The van der Waals surface area contributed by atoms with Crippen LogP contribution in [0, 0.1) is 34.0 Å². The van der Waals surface area contributed by atoms with E-state index in [0.29, 0.717) is 18.8 Å². The Hall–Kier alpha value is -1.28. The van der Waals surface area contributed by atoms with Crippen molar-refractivity contribution in [2.45, 2.75) is 39.0 Å². The van der Waals surface area contributed by atoms with Crippen LogP contribution in [0.5, 0.6) is 0 Å². The van der Waals surface area contributed by atoms with Gasteiger partial charge in [-0.2, -0.15) is 10.5 Å². The molecule has 1 atom stereocenters. The molecule has 0 bridgehead atoms. The van der Waals surface area contributed by atoms with Crippen molar-refractivity contribution in [1.29, 1.82) is 10.5 Å². The van der Waals surface area contributed by atoms with Gasteiger partial charge in [-0.3, -0.25) is 0 Å². The highest BCUT2D eigenvalue weighted by atomic mass is 14.5. The molecule has 2 nitrogen and oxygen atoms in total. The van der Waals surface area contributed by atoms with Crippen molar-refractivity contribution in [3.8, 4) is 12.1 Å². The molecular formula is C12H16N2. The first kappa shape index (κ1) is 10.8. The monoisotopic (exact) mass is 188 g/mol. The third-order valence-electron chi connectivity index (χ3n) is 3.04. The molecule has 1 unspecified atom stereocenters. The maximum Gasteiger partial charge on any atom is 0.148 e. The Morgan fingerprint density at radius 1 is 1.50 bits per heavy atom. The van der Waals surface area contributed by atoms with E-state index in [1.807, 2.05) is 0 Å². The first-order valence-electron chi connectivity index (χ1n) is 5.17. The van der Waals surface area contributed by atoms with Crippen molar-refractivity contribution in [3.05, 3.63) is 12.2 Å². The zero-order chi connectivity index (χ0) is 10.6. The lowest BCUT2D eigenvalue weighted by Crippen LogP contribution is -2.10. The fraction of sp³-hybridized carbons (Fsp3) is 0.667. The Kier molecular flexibility index (Phi) is 3.31. The minimum Gasteiger partial charge on any atom is -0.197 e. The van der Waals surface area contributed by atoms with Crippen LogP contribution in [0.4, 0.5) is 0 Å². The van der Waals surface area contributed by atoms with E-state index in [0.717, 1.165) is 24.8 Å². The summed E-state index contributed by atoms with van der Waals surface area (Å²) in [5, 5.41) is 17.9. The fourth-order valence-electron chi connectivity index (χ4n) is 2.12. The summed E-state index contributed by atoms with van der Waals surface area (Å²) in [6.45, 7) is 6.13. The molecule has 1 aliphatic carbocycles. The number of rotatable bonds is 3. The van der Waals surface area contributed by atoms with Gasteiger partial charge in [-0.05, 0) is 18.8 Å². The Morgan fingerprint density at radius 2 is 2.14 bits per heavy atom. The smallest absolute Gasteiger partial charge is 0.148 e. The van der Waals surface area contributed by atoms with Crippen molar-refractivity contribution in [2.24, 2.45) is 11.3 Å². The molecule has 1 rings (SSSR count). The molecule has 2 heteroatoms. The SMILES string of the molecule is C=C1CC(C#N)(C#N)CC1CCCC. The summed E-state index contributed by atoms with van der Waals surface area (Å²) in [4.78, 5) is 0. The van der Waals surface area contributed by atoms with Crippen LogP contribution in [0.25, 0.3) is 0 Å². The van der Waals surface area contributed by atoms with Crippen molar-refractivity contribution < 1.29 is 0 Å². The first-order valence-corrected chi connectivity index (χ1v) is 5.17. The normalized spacial score (nSPS) is 24.2. The number of unbranched alkanes of at least 4 members (excludes halogenated alkanes) is 1. The van der Waals surface area contributed by atoms with Gasteiger partial charge in [0, 0.05) is 6.42 Å². The third-order valence-corrected chi connectivity index (χ3v) is 3.04. The van der Waals surface area contributed by atoms with E-state index in [4.69, 9.17) is 10.5 Å². The molecule has 0 spiro atoms. The lowest BCUT2D eigenvalue weighted by molar-refractivity contribution is 0.462. The highest BCUT2D eigenvalue weighted by Gasteiger charge is 2.41. The van der Waals surface area contributed by atoms with E-state index in [1.165, 1.54) is 0 Å². The van der Waals surface area contributed by atoms with Crippen LogP contribution in [0.15, 0.2) is 12.2 Å². The van der Waals surface area contributed by atoms with Gasteiger partial charge in [-0.1, -0.05) is 31.9 Å². The van der Waals surface area contributed by atoms with Crippen molar-refractivity contribution in [2.75, 3.05) is 0 Å². The summed E-state index contributed by atoms with van der Waals surface area (Å²) in [6, 6.07) is 4.28. The lowest BCUT2D eigenvalue weighted by Gasteiger charge is -2.10. The molecule has 0 saturated heterocycles. The van der Waals surface area contributed by atoms with E-state index in [9.17, 15) is 0 Å². The quantitative estimate of drug-likeness (QED) is 0.638. The van der Waals surface area contributed by atoms with Gasteiger partial charge in [0.15, 0.2) is 0 Å². The van der Waals surface area contributed by atoms with Gasteiger partial charge < -0.3 is 0 Å². The average Bonchev–Trinajstić information content (AvgIpc) is 2.53. The zero-order valence-electron chi connectivity index (χ0n) is 8.71. The Labute approximate surface area is 85.8 Å². The van der Waals surface area contributed by atoms with Gasteiger partial charge in [0.1, 0.15) is 5.41 Å². The largest absolute Gasteiger partial charge is 0.197 e. The Morgan fingerprint density at radius 3 is 2.57 bits per heavy atom. The van der Waals surface area contributed by atoms with Crippen LogP contribution in [0.2, 0.25) is 0 Å². The van der Waals surface area contributed by atoms with E-state index < -0.39 is 5.41 Å². The third kappa shape index (κ3) is 1.96. The molecular weight excluding hydrogens is 172 g/mol. The molecule has 74 valence electrons. The van der Waals surface area contributed by atoms with Crippen LogP contribution in [0.3, 0.4) is 0 Å². The van der Waals surface area contributed by atoms with Gasteiger partial charge in [-0.15, -0.1) is 0 Å². The molecule has 1 aliphatic rings. The Balaban J connectivity index is 2.65. The summed E-state index contributed by atoms with van der Waals surface area (Å²) in [7, 11) is 0. The van der Waals surface area contributed by atoms with Gasteiger partial charge >= 0.3 is 0 Å². The van der Waals surface area contributed by atoms with Crippen molar-refractivity contribution in [3.63, 3.8) is 0 Å². The predicted octanol–water partition coefficient (Wildman–Crippen LogP) is 3.18. The molecule has 14 heavy (non-hydrogen) atoms. The molecule has 0 amide bonds. The predicted molar refractivity (Wildman–Crippen MR) is 55.0 cm³/mol. The number of hydrogen-bond acceptors (Lipinski definition) is 2. The second-order valence-electron chi connectivity index (χ2n) is 4.18. The van der Waals surface area contributed by atoms with Crippen LogP contribution < -0.4 is 0 Å². The maximum atomic E-state index is 8.96. The fourth-order valence-corrected chi connectivity index (χ4v) is 2.12. The van der Waals surface area contributed by atoms with E-state index >= 15 is 0 Å². The number of nitrogens with zero attached hydrogens (tertiary/aromatic N) is 2. The molecule has 1 saturated carbocycles. The lowest BCUT2D eigenvalue weighted by atomic mass is 9.88. The second kappa shape index (κ2) is 4.29. The summed E-state index contributed by atoms with van der Waals surface area (Å²) in [5.41, 5.74) is 0.330. The summed E-state index contributed by atoms with van der Waals surface area (Å²) < 4.78 is 0. The maximum absolute atomic E-state index is 8.96. The molecule has 0 heterocycles. The van der Waals surface area contributed by atoms with E-state index in [2.05, 4.69) is 25.6 Å². The van der Waals surface area contributed by atoms with Crippen molar-refractivity contribution in [1.82, 2.24) is 0 Å². The molecule has 1 fully saturated rings. The van der Waals surface area contributed by atoms with Crippen LogP contribution in [0.1, 0.15) is 39.0 Å². The van der Waals surface area contributed by atoms with Crippen LogP contribution in [-0.2, 0) is 0 Å². The number of hydrogen-bond donors (Lipinski definition) is 0. The standard InChI is InChI=1S/C12H16N2/c1-3-4-5-11-7-12(8-13,9-14)6-10(11)2/h11H,2-7H2,1H3. The van der Waals surface area contributed by atoms with Gasteiger partial charge in [0.2, 0.25) is 0 Å². The molecule has 0 aliphatic heterocycles. The first-order chi connectivity index (χ1) is 6.67. The minimum absolute atomic E-state index is 0.397. The molecule has 0 aromatic heterocycles. The van der Waals surface area contributed by atoms with Gasteiger partial charge in [0.25, 0.3) is 0 Å². The minimum atomic E-state index is -0.768. The summed E-state index contributed by atoms with van der Waals surface area (Å²) >= 11 is 0. The average molecular weight is 188 g/mol.